The Labute approximate surface area is 208 Å². The van der Waals surface area contributed by atoms with Crippen LogP contribution in [0.5, 0.6) is 0 Å². The van der Waals surface area contributed by atoms with Gasteiger partial charge in [0.05, 0.1) is 10.0 Å². The van der Waals surface area contributed by atoms with E-state index >= 15 is 0 Å². The van der Waals surface area contributed by atoms with E-state index < -0.39 is 0 Å². The third kappa shape index (κ3) is 3.38. The SMILES string of the molecule is CC1(C)CC(=O)C2=C(C1)c1c(ccc3ccccc13)N[C@H]2c1ccc(-c2cccc(Cl)c2Cl)o1. The van der Waals surface area contributed by atoms with Crippen molar-refractivity contribution in [2.45, 2.75) is 32.7 Å². The lowest BCUT2D eigenvalue weighted by molar-refractivity contribution is -0.118. The number of halogens is 2. The number of hydrogen-bond donors (Lipinski definition) is 1. The predicted octanol–water partition coefficient (Wildman–Crippen LogP) is 8.72. The van der Waals surface area contributed by atoms with Gasteiger partial charge in [-0.15, -0.1) is 0 Å². The molecule has 0 saturated heterocycles. The topological polar surface area (TPSA) is 42.2 Å². The zero-order chi connectivity index (χ0) is 23.6. The number of benzene rings is 3. The van der Waals surface area contributed by atoms with Gasteiger partial charge in [-0.3, -0.25) is 4.79 Å². The Bertz CT molecular complexity index is 1510. The average Bonchev–Trinajstić information content (AvgIpc) is 3.29. The molecule has 0 radical (unpaired) electrons. The van der Waals surface area contributed by atoms with Crippen LogP contribution in [-0.4, -0.2) is 5.78 Å². The second-order valence-corrected chi connectivity index (χ2v) is 10.7. The molecule has 1 aromatic heterocycles. The molecule has 6 rings (SSSR count). The van der Waals surface area contributed by atoms with E-state index in [1.54, 1.807) is 6.07 Å². The summed E-state index contributed by atoms with van der Waals surface area (Å²) in [6.07, 6.45) is 1.35. The van der Waals surface area contributed by atoms with Crippen molar-refractivity contribution in [3.63, 3.8) is 0 Å². The molecule has 1 aliphatic heterocycles. The Hall–Kier alpha value is -3.01. The number of nitrogens with one attached hydrogen (secondary N) is 1. The number of fused-ring (bicyclic) bond motifs is 4. The van der Waals surface area contributed by atoms with E-state index in [0.29, 0.717) is 28.0 Å². The lowest BCUT2D eigenvalue weighted by Gasteiger charge is -2.39. The molecule has 0 amide bonds. The summed E-state index contributed by atoms with van der Waals surface area (Å²) in [6.45, 7) is 4.34. The number of carbonyl (C=O) groups is 1. The highest BCUT2D eigenvalue weighted by Gasteiger charge is 2.41. The summed E-state index contributed by atoms with van der Waals surface area (Å²) in [5.41, 5.74) is 4.71. The number of hydrogen-bond acceptors (Lipinski definition) is 3. The Morgan fingerprint density at radius 2 is 1.76 bits per heavy atom. The molecule has 34 heavy (non-hydrogen) atoms. The summed E-state index contributed by atoms with van der Waals surface area (Å²) < 4.78 is 6.30. The van der Waals surface area contributed by atoms with Crippen molar-refractivity contribution in [1.29, 1.82) is 0 Å². The number of ketones is 1. The summed E-state index contributed by atoms with van der Waals surface area (Å²) in [7, 11) is 0. The normalized spacial score (nSPS) is 19.1. The molecule has 0 fully saturated rings. The number of anilines is 1. The first-order chi connectivity index (χ1) is 16.3. The van der Waals surface area contributed by atoms with Gasteiger partial charge in [0.2, 0.25) is 0 Å². The lowest BCUT2D eigenvalue weighted by atomic mass is 9.68. The van der Waals surface area contributed by atoms with E-state index in [2.05, 4.69) is 49.5 Å². The molecule has 0 unspecified atom stereocenters. The number of furan rings is 1. The minimum Gasteiger partial charge on any atom is -0.458 e. The van der Waals surface area contributed by atoms with Crippen LogP contribution in [0.15, 0.2) is 76.7 Å². The molecule has 5 heteroatoms. The highest BCUT2D eigenvalue weighted by molar-refractivity contribution is 6.43. The van der Waals surface area contributed by atoms with Crippen LogP contribution in [0.2, 0.25) is 10.0 Å². The van der Waals surface area contributed by atoms with Crippen molar-refractivity contribution in [3.8, 4) is 11.3 Å². The Balaban J connectivity index is 1.54. The van der Waals surface area contributed by atoms with Crippen molar-refractivity contribution >= 4 is 51.0 Å². The molecule has 0 saturated carbocycles. The fraction of sp³-hybridized carbons (Fsp3) is 0.207. The average molecular weight is 488 g/mol. The third-order valence-electron chi connectivity index (χ3n) is 6.87. The molecule has 3 aromatic carbocycles. The second kappa shape index (κ2) is 7.76. The maximum Gasteiger partial charge on any atom is 0.162 e. The summed E-state index contributed by atoms with van der Waals surface area (Å²) in [6, 6.07) is 21.5. The van der Waals surface area contributed by atoms with Gasteiger partial charge in [-0.05, 0) is 58.5 Å². The van der Waals surface area contributed by atoms with Crippen LogP contribution in [0, 0.1) is 5.41 Å². The van der Waals surface area contributed by atoms with Gasteiger partial charge >= 0.3 is 0 Å². The maximum absolute atomic E-state index is 13.6. The number of rotatable bonds is 2. The highest BCUT2D eigenvalue weighted by Crippen LogP contribution is 2.52. The van der Waals surface area contributed by atoms with Crippen molar-refractivity contribution in [2.75, 3.05) is 5.32 Å². The maximum atomic E-state index is 13.6. The van der Waals surface area contributed by atoms with Gasteiger partial charge in [-0.25, -0.2) is 0 Å². The Kier molecular flexibility index (Phi) is 4.91. The van der Waals surface area contributed by atoms with Gasteiger partial charge < -0.3 is 9.73 Å². The Morgan fingerprint density at radius 1 is 0.941 bits per heavy atom. The molecule has 170 valence electrons. The van der Waals surface area contributed by atoms with Gasteiger partial charge in [0, 0.05) is 28.8 Å². The summed E-state index contributed by atoms with van der Waals surface area (Å²) >= 11 is 12.7. The van der Waals surface area contributed by atoms with Crippen LogP contribution in [0.4, 0.5) is 5.69 Å². The number of allylic oxidation sites excluding steroid dienone is 1. The number of carbonyl (C=O) groups excluding carboxylic acids is 1. The molecule has 0 bridgehead atoms. The molecule has 1 atom stereocenters. The second-order valence-electron chi connectivity index (χ2n) is 9.92. The minimum atomic E-state index is -0.362. The van der Waals surface area contributed by atoms with Crippen molar-refractivity contribution < 1.29 is 9.21 Å². The monoisotopic (exact) mass is 487 g/mol. The molecule has 1 N–H and O–H groups in total. The molecule has 2 aliphatic rings. The summed E-state index contributed by atoms with van der Waals surface area (Å²) in [5, 5.41) is 6.88. The van der Waals surface area contributed by atoms with Crippen LogP contribution in [0.3, 0.4) is 0 Å². The molecular weight excluding hydrogens is 465 g/mol. The molecular formula is C29H23Cl2NO2. The van der Waals surface area contributed by atoms with Gasteiger partial charge in [0.25, 0.3) is 0 Å². The van der Waals surface area contributed by atoms with Crippen LogP contribution >= 0.6 is 23.2 Å². The summed E-state index contributed by atoms with van der Waals surface area (Å²) in [5.74, 6) is 1.48. The predicted molar refractivity (Wildman–Crippen MR) is 139 cm³/mol. The molecule has 4 aromatic rings. The van der Waals surface area contributed by atoms with Crippen molar-refractivity contribution in [2.24, 2.45) is 5.41 Å². The first-order valence-electron chi connectivity index (χ1n) is 11.4. The lowest BCUT2D eigenvalue weighted by Crippen LogP contribution is -2.33. The fourth-order valence-electron chi connectivity index (χ4n) is 5.40. The van der Waals surface area contributed by atoms with Crippen molar-refractivity contribution in [1.82, 2.24) is 0 Å². The van der Waals surface area contributed by atoms with E-state index in [1.807, 2.05) is 30.3 Å². The largest absolute Gasteiger partial charge is 0.458 e. The van der Waals surface area contributed by atoms with Gasteiger partial charge in [0.1, 0.15) is 17.6 Å². The smallest absolute Gasteiger partial charge is 0.162 e. The van der Waals surface area contributed by atoms with Gasteiger partial charge in [-0.2, -0.15) is 0 Å². The summed E-state index contributed by atoms with van der Waals surface area (Å²) in [4.78, 5) is 13.6. The van der Waals surface area contributed by atoms with E-state index in [4.69, 9.17) is 27.6 Å². The van der Waals surface area contributed by atoms with Crippen molar-refractivity contribution in [3.05, 3.63) is 93.7 Å². The molecule has 1 aliphatic carbocycles. The van der Waals surface area contributed by atoms with Crippen LogP contribution in [0.25, 0.3) is 27.7 Å². The van der Waals surface area contributed by atoms with Crippen LogP contribution in [-0.2, 0) is 4.79 Å². The first-order valence-corrected chi connectivity index (χ1v) is 12.2. The first kappa shape index (κ1) is 21.5. The zero-order valence-electron chi connectivity index (χ0n) is 18.9. The van der Waals surface area contributed by atoms with Gasteiger partial charge in [-0.1, -0.05) is 73.4 Å². The van der Waals surface area contributed by atoms with Crippen LogP contribution in [0.1, 0.15) is 44.1 Å². The molecule has 3 nitrogen and oxygen atoms in total. The van der Waals surface area contributed by atoms with Gasteiger partial charge in [0.15, 0.2) is 5.78 Å². The highest BCUT2D eigenvalue weighted by atomic mass is 35.5. The van der Waals surface area contributed by atoms with E-state index in [9.17, 15) is 4.79 Å². The quantitative estimate of drug-likeness (QED) is 0.307. The minimum absolute atomic E-state index is 0.103. The van der Waals surface area contributed by atoms with E-state index in [1.165, 1.54) is 5.39 Å². The molecule has 0 spiro atoms. The third-order valence-corrected chi connectivity index (χ3v) is 7.69. The fourth-order valence-corrected chi connectivity index (χ4v) is 5.79. The van der Waals surface area contributed by atoms with Crippen LogP contribution < -0.4 is 5.32 Å². The van der Waals surface area contributed by atoms with E-state index in [-0.39, 0.29) is 17.2 Å². The zero-order valence-corrected chi connectivity index (χ0v) is 20.4. The Morgan fingerprint density at radius 3 is 2.62 bits per heavy atom. The van der Waals surface area contributed by atoms with E-state index in [0.717, 1.165) is 39.8 Å². The standard InChI is InChI=1S/C29H23Cl2NO2/c1-29(2)14-19-25-17-7-4-3-6-16(17)10-11-21(25)32-28(26(19)22(33)15-29)24-13-12-23(34-24)18-8-5-9-20(30)27(18)31/h3-13,28,32H,14-15H2,1-2H3/t28-/m0/s1. The molecule has 2 heterocycles. The number of Topliss-reactive ketones (excluding diaryl/α,β-unsaturated/α-hetero) is 1.